The smallest absolute Gasteiger partial charge is 0.251 e. The molecule has 1 heterocycles. The average Bonchev–Trinajstić information content (AvgIpc) is 2.23. The third kappa shape index (κ3) is 1.89. The fourth-order valence-corrected chi connectivity index (χ4v) is 1.72. The van der Waals surface area contributed by atoms with E-state index in [1.165, 1.54) is 23.4 Å². The molecule has 0 amide bonds. The Morgan fingerprint density at radius 1 is 1.06 bits per heavy atom. The van der Waals surface area contributed by atoms with Gasteiger partial charge in [-0.05, 0) is 43.5 Å². The minimum Gasteiger partial charge on any atom is -0.307 e. The summed E-state index contributed by atoms with van der Waals surface area (Å²) in [7, 11) is 0. The van der Waals surface area contributed by atoms with Crippen LogP contribution in [0.15, 0.2) is 29.2 Å². The molecule has 1 N–H and O–H groups in total. The number of nitrogens with zero attached hydrogens (tertiary/aromatic N) is 1. The lowest BCUT2D eigenvalue weighted by molar-refractivity contribution is 1.12. The van der Waals surface area contributed by atoms with Crippen LogP contribution in [0, 0.1) is 20.8 Å². The van der Waals surface area contributed by atoms with Crippen molar-refractivity contribution in [1.29, 1.82) is 0 Å². The summed E-state index contributed by atoms with van der Waals surface area (Å²) < 4.78 is 0. The molecule has 3 heteroatoms. The Kier molecular flexibility index (Phi) is 2.60. The summed E-state index contributed by atoms with van der Waals surface area (Å²) in [6.45, 7) is 6.15. The second-order valence-corrected chi connectivity index (χ2v) is 4.03. The topological polar surface area (TPSA) is 45.8 Å². The van der Waals surface area contributed by atoms with E-state index in [0.717, 1.165) is 11.1 Å². The van der Waals surface area contributed by atoms with E-state index in [1.807, 2.05) is 6.92 Å². The van der Waals surface area contributed by atoms with Gasteiger partial charge in [-0.2, -0.15) is 0 Å². The van der Waals surface area contributed by atoms with Crippen LogP contribution in [-0.4, -0.2) is 9.97 Å². The monoisotopic (exact) mass is 214 g/mol. The highest BCUT2D eigenvalue weighted by molar-refractivity contribution is 5.61. The molecule has 0 aliphatic heterocycles. The van der Waals surface area contributed by atoms with Crippen molar-refractivity contribution in [2.75, 3.05) is 0 Å². The van der Waals surface area contributed by atoms with Gasteiger partial charge in [-0.15, -0.1) is 0 Å². The molecule has 82 valence electrons. The van der Waals surface area contributed by atoms with Crippen molar-refractivity contribution in [2.45, 2.75) is 20.8 Å². The number of benzene rings is 1. The van der Waals surface area contributed by atoms with Crippen molar-refractivity contribution in [3.8, 4) is 11.4 Å². The van der Waals surface area contributed by atoms with Crippen molar-refractivity contribution < 1.29 is 0 Å². The van der Waals surface area contributed by atoms with Gasteiger partial charge < -0.3 is 4.98 Å². The van der Waals surface area contributed by atoms with Crippen LogP contribution in [0.3, 0.4) is 0 Å². The summed E-state index contributed by atoms with van der Waals surface area (Å²) in [5.41, 5.74) is 4.44. The first kappa shape index (κ1) is 10.6. The number of nitrogens with one attached hydrogen (secondary N) is 1. The maximum Gasteiger partial charge on any atom is 0.251 e. The number of H-pyrrole nitrogens is 1. The lowest BCUT2D eigenvalue weighted by Gasteiger charge is -2.08. The first-order valence-electron chi connectivity index (χ1n) is 5.21. The van der Waals surface area contributed by atoms with E-state index in [9.17, 15) is 4.79 Å². The number of hydrogen-bond acceptors (Lipinski definition) is 2. The summed E-state index contributed by atoms with van der Waals surface area (Å²) in [6.07, 6.45) is 1.53. The second-order valence-electron chi connectivity index (χ2n) is 4.03. The Bertz CT molecular complexity index is 585. The van der Waals surface area contributed by atoms with Crippen LogP contribution in [0.5, 0.6) is 0 Å². The van der Waals surface area contributed by atoms with E-state index in [1.54, 1.807) is 0 Å². The molecular formula is C13H14N2O. The van der Waals surface area contributed by atoms with Crippen LogP contribution < -0.4 is 5.56 Å². The number of aryl methyl sites for hydroxylation is 3. The normalized spacial score (nSPS) is 10.4. The van der Waals surface area contributed by atoms with E-state index in [4.69, 9.17) is 0 Å². The highest BCUT2D eigenvalue weighted by atomic mass is 16.1. The Morgan fingerprint density at radius 2 is 1.75 bits per heavy atom. The van der Waals surface area contributed by atoms with Crippen molar-refractivity contribution in [3.05, 3.63) is 51.4 Å². The molecule has 2 rings (SSSR count). The van der Waals surface area contributed by atoms with Gasteiger partial charge in [0.1, 0.15) is 5.82 Å². The van der Waals surface area contributed by atoms with Crippen molar-refractivity contribution in [2.24, 2.45) is 0 Å². The van der Waals surface area contributed by atoms with Crippen molar-refractivity contribution in [3.63, 3.8) is 0 Å². The summed E-state index contributed by atoms with van der Waals surface area (Å²) in [5.74, 6) is 0.633. The predicted octanol–water partition coefficient (Wildman–Crippen LogP) is 2.36. The fraction of sp³-hybridized carbons (Fsp3) is 0.231. The zero-order valence-corrected chi connectivity index (χ0v) is 9.66. The first-order chi connectivity index (χ1) is 7.58. The number of rotatable bonds is 1. The van der Waals surface area contributed by atoms with Gasteiger partial charge >= 0.3 is 0 Å². The molecule has 0 aliphatic carbocycles. The largest absolute Gasteiger partial charge is 0.307 e. The highest BCUT2D eigenvalue weighted by Crippen LogP contribution is 2.22. The van der Waals surface area contributed by atoms with Gasteiger partial charge in [-0.1, -0.05) is 6.07 Å². The van der Waals surface area contributed by atoms with E-state index in [-0.39, 0.29) is 5.56 Å². The summed E-state index contributed by atoms with van der Waals surface area (Å²) in [4.78, 5) is 18.2. The third-order valence-electron chi connectivity index (χ3n) is 2.77. The second kappa shape index (κ2) is 3.93. The molecule has 0 bridgehead atoms. The maximum absolute atomic E-state index is 11.2. The van der Waals surface area contributed by atoms with Gasteiger partial charge in [-0.3, -0.25) is 4.79 Å². The minimum absolute atomic E-state index is 0.123. The Labute approximate surface area is 94.2 Å². The zero-order valence-electron chi connectivity index (χ0n) is 9.66. The number of hydrogen-bond donors (Lipinski definition) is 1. The van der Waals surface area contributed by atoms with Crippen LogP contribution in [0.2, 0.25) is 0 Å². The number of aromatic amines is 1. The SMILES string of the molecule is Cc1cc(C)c(-c2nccc(=O)[nH]2)cc1C. The number of aromatic nitrogens is 2. The Balaban J connectivity index is 2.65. The third-order valence-corrected chi connectivity index (χ3v) is 2.77. The van der Waals surface area contributed by atoms with Gasteiger partial charge in [0.05, 0.1) is 0 Å². The maximum atomic E-state index is 11.2. The molecular weight excluding hydrogens is 200 g/mol. The van der Waals surface area contributed by atoms with Gasteiger partial charge in [0, 0.05) is 17.8 Å². The lowest BCUT2D eigenvalue weighted by Crippen LogP contribution is -2.06. The molecule has 1 aromatic heterocycles. The van der Waals surface area contributed by atoms with Gasteiger partial charge in [0.15, 0.2) is 0 Å². The van der Waals surface area contributed by atoms with E-state index in [2.05, 4.69) is 35.9 Å². The Hall–Kier alpha value is -1.90. The first-order valence-corrected chi connectivity index (χ1v) is 5.21. The van der Waals surface area contributed by atoms with Crippen LogP contribution in [0.25, 0.3) is 11.4 Å². The lowest BCUT2D eigenvalue weighted by atomic mass is 10.0. The molecule has 0 atom stereocenters. The van der Waals surface area contributed by atoms with Gasteiger partial charge in [0.25, 0.3) is 5.56 Å². The average molecular weight is 214 g/mol. The molecule has 3 nitrogen and oxygen atoms in total. The molecule has 0 aliphatic rings. The molecule has 0 saturated carbocycles. The minimum atomic E-state index is -0.123. The Morgan fingerprint density at radius 3 is 2.44 bits per heavy atom. The molecule has 0 unspecified atom stereocenters. The van der Waals surface area contributed by atoms with E-state index < -0.39 is 0 Å². The molecule has 2 aromatic rings. The highest BCUT2D eigenvalue weighted by Gasteiger charge is 2.06. The van der Waals surface area contributed by atoms with E-state index >= 15 is 0 Å². The molecule has 0 fully saturated rings. The fourth-order valence-electron chi connectivity index (χ4n) is 1.72. The van der Waals surface area contributed by atoms with Crippen molar-refractivity contribution >= 4 is 0 Å². The van der Waals surface area contributed by atoms with Gasteiger partial charge in [-0.25, -0.2) is 4.98 Å². The van der Waals surface area contributed by atoms with Crippen LogP contribution in [-0.2, 0) is 0 Å². The van der Waals surface area contributed by atoms with E-state index in [0.29, 0.717) is 5.82 Å². The molecule has 0 radical (unpaired) electrons. The molecule has 0 spiro atoms. The molecule has 0 saturated heterocycles. The van der Waals surface area contributed by atoms with Crippen LogP contribution >= 0.6 is 0 Å². The van der Waals surface area contributed by atoms with Crippen LogP contribution in [0.1, 0.15) is 16.7 Å². The summed E-state index contributed by atoms with van der Waals surface area (Å²) in [6, 6.07) is 5.58. The predicted molar refractivity (Wildman–Crippen MR) is 64.5 cm³/mol. The quantitative estimate of drug-likeness (QED) is 0.792. The summed E-state index contributed by atoms with van der Waals surface area (Å²) in [5, 5.41) is 0. The molecule has 1 aromatic carbocycles. The van der Waals surface area contributed by atoms with Gasteiger partial charge in [0.2, 0.25) is 0 Å². The summed E-state index contributed by atoms with van der Waals surface area (Å²) >= 11 is 0. The van der Waals surface area contributed by atoms with Crippen LogP contribution in [0.4, 0.5) is 0 Å². The van der Waals surface area contributed by atoms with Crippen molar-refractivity contribution in [1.82, 2.24) is 9.97 Å². The zero-order chi connectivity index (χ0) is 11.7. The molecule has 16 heavy (non-hydrogen) atoms. The standard InChI is InChI=1S/C13H14N2O/c1-8-6-10(3)11(7-9(8)2)13-14-5-4-12(16)15-13/h4-7H,1-3H3,(H,14,15,16).